The predicted octanol–water partition coefficient (Wildman–Crippen LogP) is -0.360. The van der Waals surface area contributed by atoms with E-state index in [1.165, 1.54) is 10.7 Å². The Bertz CT molecular complexity index is 426. The lowest BCUT2D eigenvalue weighted by molar-refractivity contribution is 0.880. The molecule has 1 aliphatic rings. The van der Waals surface area contributed by atoms with Crippen molar-refractivity contribution in [3.8, 4) is 0 Å². The maximum atomic E-state index is 11.4. The van der Waals surface area contributed by atoms with Gasteiger partial charge in [0.25, 0.3) is 5.56 Å². The molecule has 1 aromatic rings. The Morgan fingerprint density at radius 3 is 3.14 bits per heavy atom. The average Bonchev–Trinajstić information content (AvgIpc) is 2.62. The van der Waals surface area contributed by atoms with Crippen molar-refractivity contribution in [3.63, 3.8) is 0 Å². The van der Waals surface area contributed by atoms with Gasteiger partial charge in [0, 0.05) is 23.7 Å². The number of aliphatic imine (C=N–C) groups is 1. The fourth-order valence-corrected chi connectivity index (χ4v) is 1.32. The first-order chi connectivity index (χ1) is 6.75. The van der Waals surface area contributed by atoms with Crippen LogP contribution >= 0.6 is 12.6 Å². The van der Waals surface area contributed by atoms with Crippen molar-refractivity contribution in [1.82, 2.24) is 9.99 Å². The van der Waals surface area contributed by atoms with E-state index >= 15 is 0 Å². The van der Waals surface area contributed by atoms with Crippen LogP contribution in [0.4, 0.5) is 0 Å². The highest BCUT2D eigenvalue weighted by molar-refractivity contribution is 7.80. The van der Waals surface area contributed by atoms with E-state index in [1.807, 2.05) is 0 Å². The van der Waals surface area contributed by atoms with Crippen LogP contribution in [0.25, 0.3) is 0 Å². The SMILES string of the molecule is O=c1cc(S)ccn1NC1=NCCN1. The average molecular weight is 210 g/mol. The summed E-state index contributed by atoms with van der Waals surface area (Å²) in [5.41, 5.74) is 2.69. The molecule has 14 heavy (non-hydrogen) atoms. The lowest BCUT2D eigenvalue weighted by atomic mass is 10.5. The third-order valence-electron chi connectivity index (χ3n) is 1.80. The van der Waals surface area contributed by atoms with Crippen molar-refractivity contribution in [2.45, 2.75) is 4.90 Å². The van der Waals surface area contributed by atoms with Gasteiger partial charge in [0.2, 0.25) is 5.96 Å². The fraction of sp³-hybridized carbons (Fsp3) is 0.250. The lowest BCUT2D eigenvalue weighted by Gasteiger charge is -2.08. The van der Waals surface area contributed by atoms with Crippen LogP contribution in [0.2, 0.25) is 0 Å². The summed E-state index contributed by atoms with van der Waals surface area (Å²) < 4.78 is 1.36. The largest absolute Gasteiger partial charge is 0.353 e. The van der Waals surface area contributed by atoms with E-state index in [1.54, 1.807) is 12.3 Å². The number of nitrogens with one attached hydrogen (secondary N) is 2. The molecule has 0 fully saturated rings. The van der Waals surface area contributed by atoms with Gasteiger partial charge in [0.1, 0.15) is 0 Å². The van der Waals surface area contributed by atoms with E-state index in [0.29, 0.717) is 10.9 Å². The van der Waals surface area contributed by atoms with Gasteiger partial charge in [-0.1, -0.05) is 0 Å². The molecule has 0 saturated carbocycles. The molecule has 0 radical (unpaired) electrons. The normalized spacial score (nSPS) is 14.8. The van der Waals surface area contributed by atoms with Crippen molar-refractivity contribution in [2.75, 3.05) is 18.5 Å². The molecule has 0 amide bonds. The molecule has 5 nitrogen and oxygen atoms in total. The standard InChI is InChI=1S/C8H10N4OS/c13-7-5-6(14)1-4-12(7)11-8-9-2-3-10-8/h1,4-5,14H,2-3H2,(H2,9,10,11). The van der Waals surface area contributed by atoms with Crippen molar-refractivity contribution in [1.29, 1.82) is 0 Å². The first-order valence-corrected chi connectivity index (χ1v) is 4.67. The van der Waals surface area contributed by atoms with E-state index in [0.717, 1.165) is 13.1 Å². The second kappa shape index (κ2) is 3.75. The molecular formula is C8H10N4OS. The van der Waals surface area contributed by atoms with Crippen molar-refractivity contribution >= 4 is 18.6 Å². The van der Waals surface area contributed by atoms with Crippen LogP contribution in [0.5, 0.6) is 0 Å². The Hall–Kier alpha value is -1.43. The molecule has 1 aromatic heterocycles. The highest BCUT2D eigenvalue weighted by atomic mass is 32.1. The Balaban J connectivity index is 2.20. The molecule has 0 spiro atoms. The summed E-state index contributed by atoms with van der Waals surface area (Å²) in [5, 5.41) is 3.01. The maximum absolute atomic E-state index is 11.4. The molecule has 1 aliphatic heterocycles. The summed E-state index contributed by atoms with van der Waals surface area (Å²) in [5.74, 6) is 0.624. The van der Waals surface area contributed by atoms with Crippen LogP contribution in [0, 0.1) is 0 Å². The first-order valence-electron chi connectivity index (χ1n) is 4.23. The summed E-state index contributed by atoms with van der Waals surface area (Å²) in [6.45, 7) is 1.55. The van der Waals surface area contributed by atoms with E-state index < -0.39 is 0 Å². The van der Waals surface area contributed by atoms with E-state index in [2.05, 4.69) is 28.4 Å². The van der Waals surface area contributed by atoms with Crippen LogP contribution < -0.4 is 16.3 Å². The number of thiol groups is 1. The zero-order valence-corrected chi connectivity index (χ0v) is 8.29. The monoisotopic (exact) mass is 210 g/mol. The third-order valence-corrected chi connectivity index (χ3v) is 2.08. The molecule has 0 aliphatic carbocycles. The summed E-state index contributed by atoms with van der Waals surface area (Å²) in [6.07, 6.45) is 1.62. The smallest absolute Gasteiger partial charge is 0.270 e. The molecule has 0 saturated heterocycles. The molecule has 0 atom stereocenters. The van der Waals surface area contributed by atoms with E-state index in [9.17, 15) is 4.79 Å². The highest BCUT2D eigenvalue weighted by Crippen LogP contribution is 1.98. The van der Waals surface area contributed by atoms with Crippen LogP contribution in [0.3, 0.4) is 0 Å². The summed E-state index contributed by atoms with van der Waals surface area (Å²) in [4.78, 5) is 16.2. The molecular weight excluding hydrogens is 200 g/mol. The van der Waals surface area contributed by atoms with E-state index in [4.69, 9.17) is 0 Å². The number of guanidine groups is 1. The molecule has 6 heteroatoms. The molecule has 2 heterocycles. The van der Waals surface area contributed by atoms with Gasteiger partial charge < -0.3 is 5.32 Å². The number of aromatic nitrogens is 1. The van der Waals surface area contributed by atoms with Crippen molar-refractivity contribution < 1.29 is 0 Å². The summed E-state index contributed by atoms with van der Waals surface area (Å²) in [6, 6.07) is 3.17. The summed E-state index contributed by atoms with van der Waals surface area (Å²) >= 11 is 4.06. The second-order valence-corrected chi connectivity index (χ2v) is 3.38. The number of hydrogen-bond donors (Lipinski definition) is 3. The minimum atomic E-state index is -0.158. The number of rotatable bonds is 1. The molecule has 0 bridgehead atoms. The highest BCUT2D eigenvalue weighted by Gasteiger charge is 2.04. The Labute approximate surface area is 86.2 Å². The Kier molecular flexibility index (Phi) is 2.45. The fourth-order valence-electron chi connectivity index (χ4n) is 1.15. The molecule has 0 unspecified atom stereocenters. The van der Waals surface area contributed by atoms with Crippen LogP contribution in [0.1, 0.15) is 0 Å². The van der Waals surface area contributed by atoms with E-state index in [-0.39, 0.29) is 5.56 Å². The zero-order valence-electron chi connectivity index (χ0n) is 7.40. The van der Waals surface area contributed by atoms with Crippen LogP contribution in [-0.4, -0.2) is 23.7 Å². The second-order valence-electron chi connectivity index (χ2n) is 2.86. The quantitative estimate of drug-likeness (QED) is 0.555. The minimum absolute atomic E-state index is 0.158. The maximum Gasteiger partial charge on any atom is 0.270 e. The lowest BCUT2D eigenvalue weighted by Crippen LogP contribution is -2.37. The van der Waals surface area contributed by atoms with Gasteiger partial charge in [-0.25, -0.2) is 4.68 Å². The van der Waals surface area contributed by atoms with Gasteiger partial charge in [0.15, 0.2) is 0 Å². The van der Waals surface area contributed by atoms with Gasteiger partial charge in [-0.2, -0.15) is 0 Å². The van der Waals surface area contributed by atoms with Crippen LogP contribution in [-0.2, 0) is 0 Å². The van der Waals surface area contributed by atoms with Crippen LogP contribution in [0.15, 0.2) is 33.0 Å². The number of nitrogens with zero attached hydrogens (tertiary/aromatic N) is 2. The Morgan fingerprint density at radius 2 is 2.50 bits per heavy atom. The molecule has 2 N–H and O–H groups in total. The summed E-state index contributed by atoms with van der Waals surface area (Å²) in [7, 11) is 0. The Morgan fingerprint density at radius 1 is 1.64 bits per heavy atom. The van der Waals surface area contributed by atoms with Gasteiger partial charge in [0.05, 0.1) is 6.54 Å². The van der Waals surface area contributed by atoms with Gasteiger partial charge in [-0.05, 0) is 6.07 Å². The topological polar surface area (TPSA) is 58.4 Å². The van der Waals surface area contributed by atoms with Gasteiger partial charge in [-0.15, -0.1) is 12.6 Å². The van der Waals surface area contributed by atoms with Crippen molar-refractivity contribution in [2.24, 2.45) is 4.99 Å². The predicted molar refractivity (Wildman–Crippen MR) is 57.6 cm³/mol. The molecule has 74 valence electrons. The molecule has 2 rings (SSSR count). The first kappa shape index (κ1) is 9.14. The molecule has 0 aromatic carbocycles. The third kappa shape index (κ3) is 1.90. The number of hydrogen-bond acceptors (Lipinski definition) is 5. The van der Waals surface area contributed by atoms with Crippen molar-refractivity contribution in [3.05, 3.63) is 28.7 Å². The van der Waals surface area contributed by atoms with Gasteiger partial charge in [-0.3, -0.25) is 15.2 Å². The minimum Gasteiger partial charge on any atom is -0.353 e. The van der Waals surface area contributed by atoms with Gasteiger partial charge >= 0.3 is 0 Å². The zero-order chi connectivity index (χ0) is 9.97. The number of pyridine rings is 1.